The Kier molecular flexibility index (Phi) is 5.23. The zero-order chi connectivity index (χ0) is 17.8. The first-order valence-electron chi connectivity index (χ1n) is 8.27. The predicted molar refractivity (Wildman–Crippen MR) is 92.0 cm³/mol. The van der Waals surface area contributed by atoms with E-state index in [2.05, 4.69) is 9.97 Å². The number of piperidine rings is 1. The highest BCUT2D eigenvalue weighted by atomic mass is 19.1. The van der Waals surface area contributed by atoms with E-state index in [1.54, 1.807) is 23.2 Å². The molecule has 1 aliphatic rings. The van der Waals surface area contributed by atoms with E-state index in [1.165, 1.54) is 19.2 Å². The molecule has 1 fully saturated rings. The van der Waals surface area contributed by atoms with E-state index >= 15 is 0 Å². The van der Waals surface area contributed by atoms with E-state index in [4.69, 9.17) is 10.5 Å². The van der Waals surface area contributed by atoms with Gasteiger partial charge < -0.3 is 15.4 Å². The number of hydrogen-bond donors (Lipinski definition) is 1. The molecule has 132 valence electrons. The lowest BCUT2D eigenvalue weighted by molar-refractivity contribution is -0.139. The number of likely N-dealkylation sites (tertiary alicyclic amines) is 1. The van der Waals surface area contributed by atoms with Gasteiger partial charge >= 0.3 is 0 Å². The summed E-state index contributed by atoms with van der Waals surface area (Å²) in [7, 11) is 1.50. The van der Waals surface area contributed by atoms with Gasteiger partial charge in [0.05, 0.1) is 11.7 Å². The third-order valence-corrected chi connectivity index (χ3v) is 4.38. The number of aromatic nitrogens is 2. The van der Waals surface area contributed by atoms with Gasteiger partial charge in [0.25, 0.3) is 0 Å². The maximum absolute atomic E-state index is 13.7. The van der Waals surface area contributed by atoms with Crippen molar-refractivity contribution in [2.45, 2.75) is 25.3 Å². The van der Waals surface area contributed by atoms with Crippen molar-refractivity contribution in [3.8, 4) is 11.1 Å². The normalized spacial score (nSPS) is 17.5. The fourth-order valence-electron chi connectivity index (χ4n) is 3.26. The molecule has 1 aliphatic heterocycles. The number of amides is 1. The van der Waals surface area contributed by atoms with Crippen LogP contribution in [-0.2, 0) is 9.53 Å². The summed E-state index contributed by atoms with van der Waals surface area (Å²) in [4.78, 5) is 22.7. The fraction of sp³-hybridized carbons (Fsp3) is 0.389. The van der Waals surface area contributed by atoms with Crippen molar-refractivity contribution in [1.82, 2.24) is 14.9 Å². The van der Waals surface area contributed by atoms with Crippen LogP contribution in [0, 0.1) is 5.82 Å². The molecule has 6 nitrogen and oxygen atoms in total. The second-order valence-electron chi connectivity index (χ2n) is 6.07. The number of benzene rings is 1. The molecule has 25 heavy (non-hydrogen) atoms. The van der Waals surface area contributed by atoms with E-state index in [1.807, 2.05) is 0 Å². The number of nitrogen functional groups attached to an aromatic ring is 1. The molecule has 0 saturated carbocycles. The standard InChI is InChI=1S/C18H21FN4O2/c1-25-11-16(24)23-8-3-2-7-15(23)17-14(10-21-18(20)22-17)12-5-4-6-13(19)9-12/h4-6,9-10,15H,2-3,7-8,11H2,1H3,(H2,20,21,22). The van der Waals surface area contributed by atoms with Gasteiger partial charge in [0.15, 0.2) is 0 Å². The maximum atomic E-state index is 13.7. The van der Waals surface area contributed by atoms with Gasteiger partial charge in [0.2, 0.25) is 11.9 Å². The molecule has 2 N–H and O–H groups in total. The van der Waals surface area contributed by atoms with E-state index in [0.29, 0.717) is 23.4 Å². The molecule has 1 aromatic carbocycles. The van der Waals surface area contributed by atoms with Crippen LogP contribution in [0.15, 0.2) is 30.5 Å². The molecule has 1 unspecified atom stereocenters. The van der Waals surface area contributed by atoms with Crippen LogP contribution >= 0.6 is 0 Å². The molecule has 1 amide bonds. The summed E-state index contributed by atoms with van der Waals surface area (Å²) < 4.78 is 18.7. The lowest BCUT2D eigenvalue weighted by Crippen LogP contribution is -2.41. The molecule has 0 bridgehead atoms. The predicted octanol–water partition coefficient (Wildman–Crippen LogP) is 2.56. The van der Waals surface area contributed by atoms with Crippen LogP contribution in [0.1, 0.15) is 31.0 Å². The van der Waals surface area contributed by atoms with Crippen molar-refractivity contribution in [2.75, 3.05) is 26.0 Å². The molecule has 1 saturated heterocycles. The van der Waals surface area contributed by atoms with Crippen LogP contribution in [0.3, 0.4) is 0 Å². The summed E-state index contributed by atoms with van der Waals surface area (Å²) in [5.74, 6) is -0.286. The molecule has 3 rings (SSSR count). The minimum atomic E-state index is -0.337. The van der Waals surface area contributed by atoms with E-state index in [9.17, 15) is 9.18 Å². The maximum Gasteiger partial charge on any atom is 0.249 e. The molecule has 0 aliphatic carbocycles. The smallest absolute Gasteiger partial charge is 0.249 e. The summed E-state index contributed by atoms with van der Waals surface area (Å²) in [6, 6.07) is 6.03. The van der Waals surface area contributed by atoms with Crippen LogP contribution in [0.5, 0.6) is 0 Å². The van der Waals surface area contributed by atoms with Crippen LogP contribution in [0.25, 0.3) is 11.1 Å². The summed E-state index contributed by atoms with van der Waals surface area (Å²) in [5.41, 5.74) is 7.81. The van der Waals surface area contributed by atoms with Crippen molar-refractivity contribution >= 4 is 11.9 Å². The summed E-state index contributed by atoms with van der Waals surface area (Å²) in [5, 5.41) is 0. The van der Waals surface area contributed by atoms with Crippen LogP contribution in [-0.4, -0.2) is 41.0 Å². The third kappa shape index (κ3) is 3.76. The summed E-state index contributed by atoms with van der Waals surface area (Å²) in [6.07, 6.45) is 4.28. The highest BCUT2D eigenvalue weighted by molar-refractivity contribution is 5.78. The average Bonchev–Trinajstić information content (AvgIpc) is 2.62. The minimum Gasteiger partial charge on any atom is -0.375 e. The van der Waals surface area contributed by atoms with E-state index in [-0.39, 0.29) is 30.3 Å². The molecule has 0 radical (unpaired) electrons. The highest BCUT2D eigenvalue weighted by Crippen LogP contribution is 2.36. The van der Waals surface area contributed by atoms with Gasteiger partial charge in [0, 0.05) is 25.4 Å². The second kappa shape index (κ2) is 7.57. The Morgan fingerprint density at radius 3 is 3.04 bits per heavy atom. The quantitative estimate of drug-likeness (QED) is 0.922. The van der Waals surface area contributed by atoms with Crippen LogP contribution < -0.4 is 5.73 Å². The molecular formula is C18H21FN4O2. The van der Waals surface area contributed by atoms with Gasteiger partial charge in [-0.05, 0) is 37.0 Å². The number of carbonyl (C=O) groups is 1. The number of methoxy groups -OCH3 is 1. The molecule has 1 aromatic heterocycles. The molecular weight excluding hydrogens is 323 g/mol. The van der Waals surface area contributed by atoms with E-state index < -0.39 is 0 Å². The van der Waals surface area contributed by atoms with Gasteiger partial charge in [-0.25, -0.2) is 14.4 Å². The van der Waals surface area contributed by atoms with Crippen molar-refractivity contribution < 1.29 is 13.9 Å². The lowest BCUT2D eigenvalue weighted by atomic mass is 9.93. The molecule has 1 atom stereocenters. The van der Waals surface area contributed by atoms with Crippen LogP contribution in [0.2, 0.25) is 0 Å². The van der Waals surface area contributed by atoms with Crippen molar-refractivity contribution in [3.63, 3.8) is 0 Å². The second-order valence-corrected chi connectivity index (χ2v) is 6.07. The molecule has 2 aromatic rings. The monoisotopic (exact) mass is 344 g/mol. The first kappa shape index (κ1) is 17.3. The van der Waals surface area contributed by atoms with Crippen molar-refractivity contribution in [2.24, 2.45) is 0 Å². The number of rotatable bonds is 4. The van der Waals surface area contributed by atoms with Crippen molar-refractivity contribution in [3.05, 3.63) is 42.0 Å². The average molecular weight is 344 g/mol. The van der Waals surface area contributed by atoms with E-state index in [0.717, 1.165) is 19.3 Å². The number of halogens is 1. The van der Waals surface area contributed by atoms with Gasteiger partial charge in [-0.2, -0.15) is 0 Å². The number of ether oxygens (including phenoxy) is 1. The first-order chi connectivity index (χ1) is 12.1. The molecule has 0 spiro atoms. The SMILES string of the molecule is COCC(=O)N1CCCCC1c1nc(N)ncc1-c1cccc(F)c1. The Morgan fingerprint density at radius 2 is 2.28 bits per heavy atom. The van der Waals surface area contributed by atoms with Crippen LogP contribution in [0.4, 0.5) is 10.3 Å². The largest absolute Gasteiger partial charge is 0.375 e. The zero-order valence-electron chi connectivity index (χ0n) is 14.1. The first-order valence-corrected chi connectivity index (χ1v) is 8.27. The fourth-order valence-corrected chi connectivity index (χ4v) is 3.26. The number of anilines is 1. The zero-order valence-corrected chi connectivity index (χ0v) is 14.1. The summed E-state index contributed by atoms with van der Waals surface area (Å²) in [6.45, 7) is 0.658. The minimum absolute atomic E-state index is 0.0202. The third-order valence-electron chi connectivity index (χ3n) is 4.38. The number of hydrogen-bond acceptors (Lipinski definition) is 5. The molecule has 2 heterocycles. The van der Waals surface area contributed by atoms with Gasteiger partial charge in [-0.3, -0.25) is 4.79 Å². The Bertz CT molecular complexity index is 768. The lowest BCUT2D eigenvalue weighted by Gasteiger charge is -2.36. The highest BCUT2D eigenvalue weighted by Gasteiger charge is 2.31. The molecule has 7 heteroatoms. The van der Waals surface area contributed by atoms with Gasteiger partial charge in [0.1, 0.15) is 12.4 Å². The topological polar surface area (TPSA) is 81.3 Å². The van der Waals surface area contributed by atoms with Gasteiger partial charge in [-0.15, -0.1) is 0 Å². The Balaban J connectivity index is 2.05. The Hall–Kier alpha value is -2.54. The van der Waals surface area contributed by atoms with Gasteiger partial charge in [-0.1, -0.05) is 12.1 Å². The number of nitrogens with two attached hydrogens (primary N) is 1. The Labute approximate surface area is 145 Å². The number of carbonyl (C=O) groups excluding carboxylic acids is 1. The Morgan fingerprint density at radius 1 is 1.44 bits per heavy atom. The summed E-state index contributed by atoms with van der Waals surface area (Å²) >= 11 is 0. The van der Waals surface area contributed by atoms with Crippen molar-refractivity contribution in [1.29, 1.82) is 0 Å². The number of nitrogens with zero attached hydrogens (tertiary/aromatic N) is 3.